The molecule has 0 fully saturated rings. The number of carboxylic acids is 1. The zero-order chi connectivity index (χ0) is 20.1. The molecule has 3 aromatic rings. The van der Waals surface area contributed by atoms with Crippen LogP contribution in [0.1, 0.15) is 38.4 Å². The summed E-state index contributed by atoms with van der Waals surface area (Å²) in [5.41, 5.74) is 5.26. The lowest BCUT2D eigenvalue weighted by Gasteiger charge is -2.11. The van der Waals surface area contributed by atoms with E-state index in [9.17, 15) is 9.90 Å². The molecule has 5 nitrogen and oxygen atoms in total. The lowest BCUT2D eigenvalue weighted by Crippen LogP contribution is -2.15. The number of methoxy groups -OCH3 is 1. The lowest BCUT2D eigenvalue weighted by atomic mass is 10.1. The fraction of sp³-hybridized carbons (Fsp3) is 0.261. The Morgan fingerprint density at radius 3 is 2.25 bits per heavy atom. The van der Waals surface area contributed by atoms with E-state index < -0.39 is 5.97 Å². The number of nitrogens with one attached hydrogen (secondary N) is 1. The summed E-state index contributed by atoms with van der Waals surface area (Å²) in [5.74, 6) is -0.0766. The fourth-order valence-electron chi connectivity index (χ4n) is 3.53. The number of benzene rings is 2. The standard InChI is InChI=1S/C23H26N2O3/c1-16-21(14-24-13-18-7-5-4-6-8-18)22(23(26)27)17(2)25(16)15-19-9-11-20(28-3)12-10-19/h4-12,24H,13-15H2,1-3H3,(H,26,27). The van der Waals surface area contributed by atoms with E-state index in [0.717, 1.165) is 28.3 Å². The number of carboxylic acid groups (broad SMARTS) is 1. The number of hydrogen-bond donors (Lipinski definition) is 2. The number of carbonyl (C=O) groups is 1. The molecule has 28 heavy (non-hydrogen) atoms. The zero-order valence-corrected chi connectivity index (χ0v) is 16.5. The number of aromatic carboxylic acids is 1. The van der Waals surface area contributed by atoms with Crippen LogP contribution in [0.5, 0.6) is 5.75 Å². The molecule has 0 aliphatic rings. The van der Waals surface area contributed by atoms with Crippen molar-refractivity contribution in [2.24, 2.45) is 0 Å². The van der Waals surface area contributed by atoms with Gasteiger partial charge in [0.2, 0.25) is 0 Å². The fourth-order valence-corrected chi connectivity index (χ4v) is 3.53. The van der Waals surface area contributed by atoms with E-state index in [2.05, 4.69) is 22.0 Å². The van der Waals surface area contributed by atoms with E-state index >= 15 is 0 Å². The largest absolute Gasteiger partial charge is 0.497 e. The molecule has 0 spiro atoms. The van der Waals surface area contributed by atoms with Crippen molar-refractivity contribution >= 4 is 5.97 Å². The molecule has 0 aliphatic heterocycles. The van der Waals surface area contributed by atoms with Crippen LogP contribution in [0.25, 0.3) is 0 Å². The molecule has 0 aliphatic carbocycles. The predicted octanol–water partition coefficient (Wildman–Crippen LogP) is 4.15. The summed E-state index contributed by atoms with van der Waals surface area (Å²) in [6.07, 6.45) is 0. The highest BCUT2D eigenvalue weighted by Gasteiger charge is 2.22. The molecule has 0 saturated carbocycles. The number of rotatable bonds is 8. The summed E-state index contributed by atoms with van der Waals surface area (Å²) in [4.78, 5) is 11.9. The Bertz CT molecular complexity index is 944. The Kier molecular flexibility index (Phi) is 6.16. The summed E-state index contributed by atoms with van der Waals surface area (Å²) in [6, 6.07) is 17.9. The van der Waals surface area contributed by atoms with Crippen LogP contribution in [0.15, 0.2) is 54.6 Å². The van der Waals surface area contributed by atoms with Crippen LogP contribution in [-0.4, -0.2) is 22.8 Å². The van der Waals surface area contributed by atoms with E-state index in [-0.39, 0.29) is 0 Å². The molecular formula is C23H26N2O3. The highest BCUT2D eigenvalue weighted by atomic mass is 16.5. The van der Waals surface area contributed by atoms with Crippen molar-refractivity contribution in [1.29, 1.82) is 0 Å². The second-order valence-electron chi connectivity index (χ2n) is 6.85. The quantitative estimate of drug-likeness (QED) is 0.618. The van der Waals surface area contributed by atoms with Gasteiger partial charge in [0.25, 0.3) is 0 Å². The molecule has 2 aromatic carbocycles. The molecule has 0 saturated heterocycles. The monoisotopic (exact) mass is 378 g/mol. The SMILES string of the molecule is COc1ccc(Cn2c(C)c(CNCc3ccccc3)c(C(=O)O)c2C)cc1. The molecule has 146 valence electrons. The van der Waals surface area contributed by atoms with Crippen molar-refractivity contribution in [2.45, 2.75) is 33.5 Å². The van der Waals surface area contributed by atoms with Crippen LogP contribution in [0.2, 0.25) is 0 Å². The number of hydrogen-bond acceptors (Lipinski definition) is 3. The zero-order valence-electron chi connectivity index (χ0n) is 16.5. The third-order valence-electron chi connectivity index (χ3n) is 5.10. The third-order valence-corrected chi connectivity index (χ3v) is 5.10. The van der Waals surface area contributed by atoms with E-state index in [0.29, 0.717) is 25.2 Å². The molecule has 1 heterocycles. The Balaban J connectivity index is 1.83. The van der Waals surface area contributed by atoms with Crippen molar-refractivity contribution in [2.75, 3.05) is 7.11 Å². The summed E-state index contributed by atoms with van der Waals surface area (Å²) < 4.78 is 7.28. The lowest BCUT2D eigenvalue weighted by molar-refractivity contribution is 0.0694. The molecule has 2 N–H and O–H groups in total. The van der Waals surface area contributed by atoms with Crippen molar-refractivity contribution in [3.05, 3.63) is 88.2 Å². The van der Waals surface area contributed by atoms with Crippen molar-refractivity contribution < 1.29 is 14.6 Å². The first kappa shape index (κ1) is 19.7. The topological polar surface area (TPSA) is 63.5 Å². The van der Waals surface area contributed by atoms with Crippen molar-refractivity contribution in [1.82, 2.24) is 9.88 Å². The molecule has 3 rings (SSSR count). The Morgan fingerprint density at radius 1 is 0.964 bits per heavy atom. The van der Waals surface area contributed by atoms with Gasteiger partial charge in [-0.15, -0.1) is 0 Å². The third kappa shape index (κ3) is 4.26. The van der Waals surface area contributed by atoms with Crippen LogP contribution in [0.3, 0.4) is 0 Å². The van der Waals surface area contributed by atoms with Gasteiger partial charge in [-0.2, -0.15) is 0 Å². The van der Waals surface area contributed by atoms with Gasteiger partial charge in [0.05, 0.1) is 12.7 Å². The van der Waals surface area contributed by atoms with Crippen LogP contribution in [-0.2, 0) is 19.6 Å². The highest BCUT2D eigenvalue weighted by Crippen LogP contribution is 2.24. The van der Waals surface area contributed by atoms with E-state index in [1.807, 2.05) is 56.3 Å². The molecule has 5 heteroatoms. The normalized spacial score (nSPS) is 10.8. The second kappa shape index (κ2) is 8.76. The van der Waals surface area contributed by atoms with Crippen LogP contribution in [0, 0.1) is 13.8 Å². The van der Waals surface area contributed by atoms with Gasteiger partial charge in [0, 0.05) is 36.6 Å². The number of nitrogens with zero attached hydrogens (tertiary/aromatic N) is 1. The predicted molar refractivity (Wildman–Crippen MR) is 110 cm³/mol. The summed E-state index contributed by atoms with van der Waals surface area (Å²) in [7, 11) is 1.64. The van der Waals surface area contributed by atoms with Gasteiger partial charge in [0.15, 0.2) is 0 Å². The maximum absolute atomic E-state index is 11.9. The van der Waals surface area contributed by atoms with Gasteiger partial charge in [0.1, 0.15) is 5.75 Å². The minimum absolute atomic E-state index is 0.395. The molecule has 0 bridgehead atoms. The van der Waals surface area contributed by atoms with Gasteiger partial charge in [-0.1, -0.05) is 42.5 Å². The first-order valence-electron chi connectivity index (χ1n) is 9.30. The average Bonchev–Trinajstić information content (AvgIpc) is 2.94. The van der Waals surface area contributed by atoms with Crippen LogP contribution in [0.4, 0.5) is 0 Å². The Hall–Kier alpha value is -3.05. The number of aromatic nitrogens is 1. The van der Waals surface area contributed by atoms with E-state index in [1.165, 1.54) is 5.56 Å². The van der Waals surface area contributed by atoms with Crippen LogP contribution >= 0.6 is 0 Å². The smallest absolute Gasteiger partial charge is 0.337 e. The minimum Gasteiger partial charge on any atom is -0.497 e. The van der Waals surface area contributed by atoms with Gasteiger partial charge in [-0.25, -0.2) is 4.79 Å². The van der Waals surface area contributed by atoms with Crippen molar-refractivity contribution in [3.8, 4) is 5.75 Å². The maximum Gasteiger partial charge on any atom is 0.337 e. The van der Waals surface area contributed by atoms with E-state index in [1.54, 1.807) is 7.11 Å². The summed E-state index contributed by atoms with van der Waals surface area (Å²) >= 11 is 0. The Labute approximate surface area is 165 Å². The van der Waals surface area contributed by atoms with Gasteiger partial charge in [-0.05, 0) is 37.1 Å². The number of ether oxygens (including phenoxy) is 1. The van der Waals surface area contributed by atoms with Gasteiger partial charge < -0.3 is 19.7 Å². The summed E-state index contributed by atoms with van der Waals surface area (Å²) in [6.45, 7) is 5.70. The average molecular weight is 378 g/mol. The van der Waals surface area contributed by atoms with Crippen molar-refractivity contribution in [3.63, 3.8) is 0 Å². The maximum atomic E-state index is 11.9. The first-order chi connectivity index (χ1) is 13.5. The summed E-state index contributed by atoms with van der Waals surface area (Å²) in [5, 5.41) is 13.2. The molecular weight excluding hydrogens is 352 g/mol. The van der Waals surface area contributed by atoms with E-state index in [4.69, 9.17) is 4.74 Å². The molecule has 1 aromatic heterocycles. The molecule has 0 unspecified atom stereocenters. The first-order valence-corrected chi connectivity index (χ1v) is 9.30. The molecule has 0 amide bonds. The minimum atomic E-state index is -0.884. The van der Waals surface area contributed by atoms with Crippen LogP contribution < -0.4 is 10.1 Å². The molecule has 0 radical (unpaired) electrons. The van der Waals surface area contributed by atoms with Gasteiger partial charge in [-0.3, -0.25) is 0 Å². The Morgan fingerprint density at radius 2 is 1.64 bits per heavy atom. The van der Waals surface area contributed by atoms with Gasteiger partial charge >= 0.3 is 5.97 Å². The second-order valence-corrected chi connectivity index (χ2v) is 6.85. The highest BCUT2D eigenvalue weighted by molar-refractivity contribution is 5.91. The molecule has 0 atom stereocenters.